The molecule has 3 heterocycles. The lowest BCUT2D eigenvalue weighted by Gasteiger charge is -1.92. The summed E-state index contributed by atoms with van der Waals surface area (Å²) in [5.41, 5.74) is 1.17. The standard InChI is InChI=1S/C11H6Cl2N4O/c12-6-1-2-8(15-5-6)10-16-11(18-17-10)9-7(13)3-4-14-9/h1-5,14H. The van der Waals surface area contributed by atoms with Crippen LogP contribution < -0.4 is 0 Å². The summed E-state index contributed by atoms with van der Waals surface area (Å²) in [6.45, 7) is 0. The summed E-state index contributed by atoms with van der Waals surface area (Å²) in [5, 5.41) is 4.92. The minimum absolute atomic E-state index is 0.316. The first kappa shape index (κ1) is 11.3. The van der Waals surface area contributed by atoms with Crippen molar-refractivity contribution >= 4 is 23.2 Å². The quantitative estimate of drug-likeness (QED) is 0.781. The van der Waals surface area contributed by atoms with E-state index >= 15 is 0 Å². The third-order valence-corrected chi connectivity index (χ3v) is 2.83. The van der Waals surface area contributed by atoms with Crippen LogP contribution in [-0.4, -0.2) is 20.1 Å². The molecule has 0 bridgehead atoms. The highest BCUT2D eigenvalue weighted by Gasteiger charge is 2.14. The number of hydrogen-bond acceptors (Lipinski definition) is 4. The van der Waals surface area contributed by atoms with Crippen molar-refractivity contribution in [2.45, 2.75) is 0 Å². The fraction of sp³-hybridized carbons (Fsp3) is 0. The Kier molecular flexibility index (Phi) is 2.77. The van der Waals surface area contributed by atoms with Crippen LogP contribution in [0.2, 0.25) is 10.0 Å². The Hall–Kier alpha value is -1.85. The number of nitrogens with zero attached hydrogens (tertiary/aromatic N) is 3. The maximum absolute atomic E-state index is 5.96. The van der Waals surface area contributed by atoms with Gasteiger partial charge in [0.1, 0.15) is 11.4 Å². The normalized spacial score (nSPS) is 10.8. The molecule has 0 amide bonds. The molecular weight excluding hydrogens is 275 g/mol. The molecule has 0 saturated carbocycles. The van der Waals surface area contributed by atoms with Gasteiger partial charge in [0.25, 0.3) is 5.89 Å². The van der Waals surface area contributed by atoms with E-state index in [1.807, 2.05) is 0 Å². The molecule has 0 fully saturated rings. The zero-order chi connectivity index (χ0) is 12.5. The topological polar surface area (TPSA) is 67.6 Å². The molecule has 0 spiro atoms. The second-order valence-electron chi connectivity index (χ2n) is 3.49. The van der Waals surface area contributed by atoms with Crippen LogP contribution in [0.4, 0.5) is 0 Å². The van der Waals surface area contributed by atoms with E-state index in [1.54, 1.807) is 24.4 Å². The molecule has 3 rings (SSSR count). The van der Waals surface area contributed by atoms with E-state index in [0.29, 0.717) is 33.1 Å². The molecule has 0 atom stereocenters. The van der Waals surface area contributed by atoms with Crippen molar-refractivity contribution < 1.29 is 4.52 Å². The summed E-state index contributed by atoms with van der Waals surface area (Å²) >= 11 is 11.7. The van der Waals surface area contributed by atoms with Gasteiger partial charge in [0.2, 0.25) is 5.82 Å². The van der Waals surface area contributed by atoms with E-state index in [9.17, 15) is 0 Å². The van der Waals surface area contributed by atoms with Gasteiger partial charge < -0.3 is 9.51 Å². The van der Waals surface area contributed by atoms with Gasteiger partial charge in [-0.3, -0.25) is 4.98 Å². The molecule has 90 valence electrons. The summed E-state index contributed by atoms with van der Waals surface area (Å²) < 4.78 is 5.12. The lowest BCUT2D eigenvalue weighted by atomic mass is 10.3. The molecule has 7 heteroatoms. The first-order chi connectivity index (χ1) is 8.74. The average Bonchev–Trinajstić information content (AvgIpc) is 2.98. The number of H-pyrrole nitrogens is 1. The highest BCUT2D eigenvalue weighted by Crippen LogP contribution is 2.26. The lowest BCUT2D eigenvalue weighted by molar-refractivity contribution is 0.431. The van der Waals surface area contributed by atoms with Gasteiger partial charge in [0, 0.05) is 12.4 Å². The highest BCUT2D eigenvalue weighted by molar-refractivity contribution is 6.33. The van der Waals surface area contributed by atoms with E-state index in [2.05, 4.69) is 20.1 Å². The Morgan fingerprint density at radius 3 is 2.72 bits per heavy atom. The minimum atomic E-state index is 0.316. The van der Waals surface area contributed by atoms with Gasteiger partial charge in [-0.25, -0.2) is 0 Å². The van der Waals surface area contributed by atoms with Crippen LogP contribution in [0.5, 0.6) is 0 Å². The summed E-state index contributed by atoms with van der Waals surface area (Å²) in [4.78, 5) is 11.2. The molecular formula is C11H6Cl2N4O. The number of rotatable bonds is 2. The van der Waals surface area contributed by atoms with E-state index in [-0.39, 0.29) is 0 Å². The van der Waals surface area contributed by atoms with Crippen molar-refractivity contribution in [3.8, 4) is 23.1 Å². The number of halogens is 2. The molecule has 5 nitrogen and oxygen atoms in total. The van der Waals surface area contributed by atoms with Crippen LogP contribution >= 0.6 is 23.2 Å². The fourth-order valence-corrected chi connectivity index (χ4v) is 1.76. The van der Waals surface area contributed by atoms with Gasteiger partial charge in [-0.15, -0.1) is 0 Å². The third-order valence-electron chi connectivity index (χ3n) is 2.29. The zero-order valence-corrected chi connectivity index (χ0v) is 10.4. The molecule has 1 N–H and O–H groups in total. The second-order valence-corrected chi connectivity index (χ2v) is 4.33. The molecule has 0 aliphatic heterocycles. The van der Waals surface area contributed by atoms with Gasteiger partial charge in [-0.1, -0.05) is 28.4 Å². The molecule has 0 unspecified atom stereocenters. The molecule has 0 aliphatic rings. The van der Waals surface area contributed by atoms with Crippen molar-refractivity contribution in [2.24, 2.45) is 0 Å². The van der Waals surface area contributed by atoms with E-state index in [1.165, 1.54) is 6.20 Å². The Balaban J connectivity index is 1.99. The lowest BCUT2D eigenvalue weighted by Crippen LogP contribution is -1.85. The summed E-state index contributed by atoms with van der Waals surface area (Å²) in [7, 11) is 0. The monoisotopic (exact) mass is 280 g/mol. The average molecular weight is 281 g/mol. The minimum Gasteiger partial charge on any atom is -0.356 e. The van der Waals surface area contributed by atoms with Crippen molar-refractivity contribution in [1.29, 1.82) is 0 Å². The number of hydrogen-bond donors (Lipinski definition) is 1. The van der Waals surface area contributed by atoms with Crippen molar-refractivity contribution in [3.05, 3.63) is 40.6 Å². The predicted octanol–water partition coefficient (Wildman–Crippen LogP) is 3.43. The first-order valence-electron chi connectivity index (χ1n) is 5.03. The van der Waals surface area contributed by atoms with Gasteiger partial charge in [-0.2, -0.15) is 4.98 Å². The highest BCUT2D eigenvalue weighted by atomic mass is 35.5. The molecule has 18 heavy (non-hydrogen) atoms. The number of pyridine rings is 1. The fourth-order valence-electron chi connectivity index (χ4n) is 1.45. The largest absolute Gasteiger partial charge is 0.356 e. The van der Waals surface area contributed by atoms with Crippen molar-refractivity contribution in [2.75, 3.05) is 0 Å². The van der Waals surface area contributed by atoms with Crippen molar-refractivity contribution in [1.82, 2.24) is 20.1 Å². The maximum atomic E-state index is 5.96. The molecule has 0 aliphatic carbocycles. The van der Waals surface area contributed by atoms with Crippen LogP contribution in [-0.2, 0) is 0 Å². The molecule has 0 radical (unpaired) electrons. The van der Waals surface area contributed by atoms with Crippen LogP contribution in [0.25, 0.3) is 23.1 Å². The Labute approximate surface area is 112 Å². The molecule has 3 aromatic rings. The number of nitrogens with one attached hydrogen (secondary N) is 1. The van der Waals surface area contributed by atoms with Crippen molar-refractivity contribution in [3.63, 3.8) is 0 Å². The van der Waals surface area contributed by atoms with Crippen LogP contribution in [0.1, 0.15) is 0 Å². The smallest absolute Gasteiger partial charge is 0.276 e. The van der Waals surface area contributed by atoms with E-state index in [0.717, 1.165) is 0 Å². The maximum Gasteiger partial charge on any atom is 0.276 e. The number of aromatic nitrogens is 4. The zero-order valence-electron chi connectivity index (χ0n) is 8.89. The Morgan fingerprint density at radius 1 is 1.17 bits per heavy atom. The number of aromatic amines is 1. The van der Waals surface area contributed by atoms with Gasteiger partial charge in [0.05, 0.1) is 10.0 Å². The second kappa shape index (κ2) is 4.44. The summed E-state index contributed by atoms with van der Waals surface area (Å²) in [5.74, 6) is 0.698. The summed E-state index contributed by atoms with van der Waals surface area (Å²) in [6.07, 6.45) is 3.22. The van der Waals surface area contributed by atoms with E-state index < -0.39 is 0 Å². The molecule has 3 aromatic heterocycles. The van der Waals surface area contributed by atoms with E-state index in [4.69, 9.17) is 27.7 Å². The van der Waals surface area contributed by atoms with Crippen LogP contribution in [0.3, 0.4) is 0 Å². The van der Waals surface area contributed by atoms with Crippen LogP contribution in [0.15, 0.2) is 35.1 Å². The third kappa shape index (κ3) is 1.98. The van der Waals surface area contributed by atoms with Gasteiger partial charge >= 0.3 is 0 Å². The first-order valence-corrected chi connectivity index (χ1v) is 5.78. The molecule has 0 saturated heterocycles. The SMILES string of the molecule is Clc1ccc(-c2noc(-c3[nH]ccc3Cl)n2)nc1. The van der Waals surface area contributed by atoms with Gasteiger partial charge in [0.15, 0.2) is 0 Å². The predicted molar refractivity (Wildman–Crippen MR) is 67.3 cm³/mol. The Bertz CT molecular complexity index is 674. The van der Waals surface area contributed by atoms with Gasteiger partial charge in [-0.05, 0) is 18.2 Å². The molecule has 0 aromatic carbocycles. The van der Waals surface area contributed by atoms with Crippen LogP contribution in [0, 0.1) is 0 Å². The Morgan fingerprint density at radius 2 is 2.06 bits per heavy atom. The summed E-state index contributed by atoms with van der Waals surface area (Å²) in [6, 6.07) is 5.14.